The first-order valence-electron chi connectivity index (χ1n) is 9.76. The molecule has 0 aromatic heterocycles. The molecule has 0 atom stereocenters. The zero-order valence-electron chi connectivity index (χ0n) is 17.4. The van der Waals surface area contributed by atoms with Crippen molar-refractivity contribution >= 4 is 40.4 Å². The highest BCUT2D eigenvalue weighted by atomic mass is 35.5. The van der Waals surface area contributed by atoms with E-state index in [1.165, 1.54) is 7.11 Å². The number of ether oxygens (including phenoxy) is 1. The number of carbonyl (C=O) groups is 2. The van der Waals surface area contributed by atoms with E-state index in [0.717, 1.165) is 21.7 Å². The van der Waals surface area contributed by atoms with Gasteiger partial charge in [-0.05, 0) is 67.4 Å². The van der Waals surface area contributed by atoms with Crippen LogP contribution in [0.15, 0.2) is 72.4 Å². The molecule has 1 aliphatic rings. The summed E-state index contributed by atoms with van der Waals surface area (Å²) in [4.78, 5) is 28.1. The van der Waals surface area contributed by atoms with Crippen LogP contribution in [0.1, 0.15) is 16.7 Å². The normalized spacial score (nSPS) is 13.7. The van der Waals surface area contributed by atoms with Gasteiger partial charge in [-0.2, -0.15) is 0 Å². The fraction of sp³-hybridized carbons (Fsp3) is 0.120. The van der Waals surface area contributed by atoms with Crippen LogP contribution in [0.4, 0.5) is 11.4 Å². The maximum atomic E-state index is 13.5. The number of methoxy groups -OCH3 is 1. The summed E-state index contributed by atoms with van der Waals surface area (Å²) in [6.45, 7) is 3.96. The van der Waals surface area contributed by atoms with Crippen molar-refractivity contribution in [1.82, 2.24) is 0 Å². The van der Waals surface area contributed by atoms with Gasteiger partial charge >= 0.3 is 0 Å². The van der Waals surface area contributed by atoms with E-state index in [1.54, 1.807) is 36.4 Å². The topological polar surface area (TPSA) is 58.6 Å². The molecule has 156 valence electrons. The third-order valence-corrected chi connectivity index (χ3v) is 5.29. The molecule has 0 saturated heterocycles. The zero-order valence-corrected chi connectivity index (χ0v) is 18.2. The van der Waals surface area contributed by atoms with E-state index in [4.69, 9.17) is 16.3 Å². The van der Waals surface area contributed by atoms with Crippen molar-refractivity contribution in [2.75, 3.05) is 17.3 Å². The Balaban J connectivity index is 1.87. The van der Waals surface area contributed by atoms with Gasteiger partial charge in [0.1, 0.15) is 11.4 Å². The number of hydrogen-bond acceptors (Lipinski definition) is 4. The lowest BCUT2D eigenvalue weighted by Crippen LogP contribution is -2.32. The molecule has 0 fully saturated rings. The van der Waals surface area contributed by atoms with E-state index in [2.05, 4.69) is 5.32 Å². The lowest BCUT2D eigenvalue weighted by molar-refractivity contribution is -0.120. The van der Waals surface area contributed by atoms with Crippen LogP contribution in [0.2, 0.25) is 5.02 Å². The number of halogens is 1. The van der Waals surface area contributed by atoms with Gasteiger partial charge in [0.05, 0.1) is 18.4 Å². The Bertz CT molecular complexity index is 1200. The molecule has 4 rings (SSSR count). The van der Waals surface area contributed by atoms with Gasteiger partial charge < -0.3 is 10.1 Å². The Morgan fingerprint density at radius 2 is 1.52 bits per heavy atom. The minimum absolute atomic E-state index is 0.203. The Hall–Kier alpha value is -3.57. The second kappa shape index (κ2) is 8.28. The van der Waals surface area contributed by atoms with E-state index in [1.807, 2.05) is 44.2 Å². The summed E-state index contributed by atoms with van der Waals surface area (Å²) in [7, 11) is 1.54. The molecule has 1 N–H and O–H groups in total. The third-order valence-electron chi connectivity index (χ3n) is 5.04. The van der Waals surface area contributed by atoms with E-state index in [9.17, 15) is 9.59 Å². The molecule has 6 heteroatoms. The van der Waals surface area contributed by atoms with Crippen LogP contribution in [-0.2, 0) is 9.59 Å². The van der Waals surface area contributed by atoms with Crippen molar-refractivity contribution in [2.45, 2.75) is 13.8 Å². The number of para-hydroxylation sites is 1. The number of aryl methyl sites for hydroxylation is 2. The van der Waals surface area contributed by atoms with Gasteiger partial charge in [0.25, 0.3) is 11.8 Å². The molecule has 0 bridgehead atoms. The van der Waals surface area contributed by atoms with Crippen molar-refractivity contribution in [3.8, 4) is 5.75 Å². The van der Waals surface area contributed by atoms with Crippen molar-refractivity contribution in [3.63, 3.8) is 0 Å². The molecular formula is C25H21ClN2O3. The van der Waals surface area contributed by atoms with Crippen molar-refractivity contribution in [2.24, 2.45) is 0 Å². The first-order valence-corrected chi connectivity index (χ1v) is 10.1. The van der Waals surface area contributed by atoms with Gasteiger partial charge in [-0.25, -0.2) is 4.90 Å². The molecule has 0 radical (unpaired) electrons. The summed E-state index contributed by atoms with van der Waals surface area (Å²) in [5.74, 6) is -0.354. The summed E-state index contributed by atoms with van der Waals surface area (Å²) in [5.41, 5.74) is 4.29. The molecule has 0 spiro atoms. The molecule has 3 aromatic carbocycles. The SMILES string of the molecule is COc1ccccc1C1=C(Nc2cc(C)cc(C)c2)C(=O)N(c2ccc(Cl)cc2)C1=O. The monoisotopic (exact) mass is 432 g/mol. The van der Waals surface area contributed by atoms with Gasteiger partial charge in [-0.1, -0.05) is 35.9 Å². The highest BCUT2D eigenvalue weighted by Crippen LogP contribution is 2.37. The Morgan fingerprint density at radius 1 is 0.871 bits per heavy atom. The first-order chi connectivity index (χ1) is 14.9. The largest absolute Gasteiger partial charge is 0.496 e. The third kappa shape index (κ3) is 3.92. The maximum absolute atomic E-state index is 13.5. The number of hydrogen-bond donors (Lipinski definition) is 1. The molecule has 1 heterocycles. The van der Waals surface area contributed by atoms with Gasteiger partial charge in [-0.15, -0.1) is 0 Å². The number of anilines is 2. The van der Waals surface area contributed by atoms with Gasteiger partial charge in [0.15, 0.2) is 0 Å². The van der Waals surface area contributed by atoms with Crippen molar-refractivity contribution < 1.29 is 14.3 Å². The second-order valence-electron chi connectivity index (χ2n) is 7.37. The van der Waals surface area contributed by atoms with Gasteiger partial charge in [0, 0.05) is 16.3 Å². The quantitative estimate of drug-likeness (QED) is 0.551. The Kier molecular flexibility index (Phi) is 5.53. The van der Waals surface area contributed by atoms with E-state index in [-0.39, 0.29) is 11.3 Å². The molecule has 0 saturated carbocycles. The highest BCUT2D eigenvalue weighted by Gasteiger charge is 2.41. The fourth-order valence-corrected chi connectivity index (χ4v) is 3.89. The number of nitrogens with zero attached hydrogens (tertiary/aromatic N) is 1. The predicted molar refractivity (Wildman–Crippen MR) is 123 cm³/mol. The lowest BCUT2D eigenvalue weighted by atomic mass is 10.0. The number of benzene rings is 3. The maximum Gasteiger partial charge on any atom is 0.282 e. The highest BCUT2D eigenvalue weighted by molar-refractivity contribution is 6.46. The molecule has 5 nitrogen and oxygen atoms in total. The summed E-state index contributed by atoms with van der Waals surface area (Å²) < 4.78 is 5.47. The van der Waals surface area contributed by atoms with Crippen LogP contribution in [0.5, 0.6) is 5.75 Å². The Morgan fingerprint density at radius 3 is 2.16 bits per heavy atom. The number of amides is 2. The van der Waals surface area contributed by atoms with E-state index in [0.29, 0.717) is 22.0 Å². The molecule has 2 amide bonds. The van der Waals surface area contributed by atoms with Crippen LogP contribution in [-0.4, -0.2) is 18.9 Å². The van der Waals surface area contributed by atoms with E-state index >= 15 is 0 Å². The smallest absolute Gasteiger partial charge is 0.282 e. The van der Waals surface area contributed by atoms with Crippen LogP contribution in [0.3, 0.4) is 0 Å². The van der Waals surface area contributed by atoms with Crippen LogP contribution >= 0.6 is 11.6 Å². The number of rotatable bonds is 5. The van der Waals surface area contributed by atoms with Gasteiger partial charge in [-0.3, -0.25) is 9.59 Å². The van der Waals surface area contributed by atoms with Gasteiger partial charge in [0.2, 0.25) is 0 Å². The van der Waals surface area contributed by atoms with Crippen LogP contribution in [0, 0.1) is 13.8 Å². The standard InChI is InChI=1S/C25H21ClN2O3/c1-15-12-16(2)14-18(13-15)27-23-22(20-6-4-5-7-21(20)31-3)24(29)28(25(23)30)19-10-8-17(26)9-11-19/h4-14,27H,1-3H3. The summed E-state index contributed by atoms with van der Waals surface area (Å²) in [6, 6.07) is 19.7. The molecule has 31 heavy (non-hydrogen) atoms. The summed E-state index contributed by atoms with van der Waals surface area (Å²) in [5, 5.41) is 3.72. The first kappa shape index (κ1) is 20.7. The number of carbonyl (C=O) groups excluding carboxylic acids is 2. The fourth-order valence-electron chi connectivity index (χ4n) is 3.76. The molecule has 3 aromatic rings. The minimum Gasteiger partial charge on any atom is -0.496 e. The van der Waals surface area contributed by atoms with E-state index < -0.39 is 11.8 Å². The molecule has 1 aliphatic heterocycles. The average Bonchev–Trinajstić information content (AvgIpc) is 2.97. The molecular weight excluding hydrogens is 412 g/mol. The van der Waals surface area contributed by atoms with Crippen molar-refractivity contribution in [3.05, 3.63) is 94.1 Å². The average molecular weight is 433 g/mol. The van der Waals surface area contributed by atoms with Crippen molar-refractivity contribution in [1.29, 1.82) is 0 Å². The Labute approximate surface area is 185 Å². The minimum atomic E-state index is -0.438. The lowest BCUT2D eigenvalue weighted by Gasteiger charge is -2.16. The predicted octanol–water partition coefficient (Wildman–Crippen LogP) is 5.36. The molecule has 0 unspecified atom stereocenters. The molecule has 0 aliphatic carbocycles. The van der Waals surface area contributed by atoms with Crippen LogP contribution < -0.4 is 15.0 Å². The van der Waals surface area contributed by atoms with Crippen LogP contribution in [0.25, 0.3) is 5.57 Å². The number of nitrogens with one attached hydrogen (secondary N) is 1. The summed E-state index contributed by atoms with van der Waals surface area (Å²) >= 11 is 5.99. The number of imide groups is 1. The second-order valence-corrected chi connectivity index (χ2v) is 7.81. The zero-order chi connectivity index (χ0) is 22.1. The summed E-state index contributed by atoms with van der Waals surface area (Å²) in [6.07, 6.45) is 0.